The van der Waals surface area contributed by atoms with E-state index in [1.54, 1.807) is 0 Å². The normalized spacial score (nSPS) is 20.1. The minimum Gasteiger partial charge on any atom is -0.369 e. The molecule has 3 rings (SSSR count). The van der Waals surface area contributed by atoms with Crippen molar-refractivity contribution in [3.8, 4) is 0 Å². The maximum Gasteiger partial charge on any atom is 0.430 e. The molecule has 2 aromatic heterocycles. The molecule has 3 heterocycles. The lowest BCUT2D eigenvalue weighted by Gasteiger charge is -2.44. The third kappa shape index (κ3) is 6.45. The third-order valence-corrected chi connectivity index (χ3v) is 9.81. The summed E-state index contributed by atoms with van der Waals surface area (Å²) in [6, 6.07) is 1.68. The number of pyridine rings is 1. The van der Waals surface area contributed by atoms with Gasteiger partial charge in [-0.3, -0.25) is 0 Å². The van der Waals surface area contributed by atoms with Crippen molar-refractivity contribution in [2.24, 2.45) is 0 Å². The highest BCUT2D eigenvalue weighted by molar-refractivity contribution is 7.89. The second-order valence-electron chi connectivity index (χ2n) is 9.57. The van der Waals surface area contributed by atoms with Crippen LogP contribution in [0.2, 0.25) is 5.15 Å². The molecule has 41 heavy (non-hydrogen) atoms. The molecule has 1 aliphatic heterocycles. The molecular weight excluding hydrogens is 630 g/mol. The van der Waals surface area contributed by atoms with Gasteiger partial charge >= 0.3 is 12.4 Å². The zero-order valence-corrected chi connectivity index (χ0v) is 24.0. The topological polar surface area (TPSA) is 146 Å². The maximum atomic E-state index is 13.4. The van der Waals surface area contributed by atoms with Crippen molar-refractivity contribution in [2.75, 3.05) is 32.4 Å². The largest absolute Gasteiger partial charge is 0.430 e. The molecule has 0 bridgehead atoms. The number of hydrogen-bond acceptors (Lipinski definition) is 9. The van der Waals surface area contributed by atoms with Gasteiger partial charge in [-0.1, -0.05) is 11.6 Å². The summed E-state index contributed by atoms with van der Waals surface area (Å²) < 4.78 is 134. The molecule has 20 heteroatoms. The Labute approximate surface area is 236 Å². The Kier molecular flexibility index (Phi) is 9.07. The zero-order valence-electron chi connectivity index (χ0n) is 21.6. The van der Waals surface area contributed by atoms with Crippen LogP contribution in [0.4, 0.5) is 26.3 Å². The van der Waals surface area contributed by atoms with Crippen LogP contribution in [0, 0.1) is 0 Å². The fraction of sp³-hybridized carbons (Fsp3) is 0.571. The van der Waals surface area contributed by atoms with Crippen molar-refractivity contribution in [3.63, 3.8) is 0 Å². The molecule has 0 unspecified atom stereocenters. The number of aliphatic hydroxyl groups is 1. The van der Waals surface area contributed by atoms with Crippen LogP contribution in [0.1, 0.15) is 25.2 Å². The number of alkyl halides is 6. The average molecular weight is 655 g/mol. The van der Waals surface area contributed by atoms with E-state index >= 15 is 0 Å². The number of halogens is 7. The number of hydrogen-bond donors (Lipinski definition) is 2. The minimum absolute atomic E-state index is 0.00509. The van der Waals surface area contributed by atoms with E-state index < -0.39 is 74.1 Å². The van der Waals surface area contributed by atoms with Crippen LogP contribution in [0.3, 0.4) is 0 Å². The van der Waals surface area contributed by atoms with Gasteiger partial charge in [0.15, 0.2) is 5.82 Å². The quantitative estimate of drug-likeness (QED) is 0.322. The molecule has 0 aromatic carbocycles. The highest BCUT2D eigenvalue weighted by atomic mass is 35.5. The lowest BCUT2D eigenvalue weighted by Crippen LogP contribution is -2.65. The van der Waals surface area contributed by atoms with E-state index in [0.29, 0.717) is 0 Å². The monoisotopic (exact) mass is 654 g/mol. The molecular formula is C21H25ClF6N6O5S2. The van der Waals surface area contributed by atoms with E-state index in [1.807, 2.05) is 0 Å². The first-order valence-corrected chi connectivity index (χ1v) is 15.3. The molecule has 1 fully saturated rings. The van der Waals surface area contributed by atoms with Gasteiger partial charge in [0.25, 0.3) is 5.60 Å². The van der Waals surface area contributed by atoms with Crippen LogP contribution in [-0.4, -0.2) is 96.3 Å². The Bertz CT molecular complexity index is 1440. The van der Waals surface area contributed by atoms with E-state index in [4.69, 9.17) is 11.6 Å². The van der Waals surface area contributed by atoms with Crippen molar-refractivity contribution in [1.82, 2.24) is 28.9 Å². The number of nitrogens with zero attached hydrogens (tertiary/aromatic N) is 5. The van der Waals surface area contributed by atoms with Crippen molar-refractivity contribution in [1.29, 1.82) is 0 Å². The van der Waals surface area contributed by atoms with E-state index in [2.05, 4.69) is 20.3 Å². The van der Waals surface area contributed by atoms with Crippen molar-refractivity contribution >= 4 is 31.6 Å². The predicted molar refractivity (Wildman–Crippen MR) is 132 cm³/mol. The van der Waals surface area contributed by atoms with Gasteiger partial charge in [-0.2, -0.15) is 35.0 Å². The molecule has 0 spiro atoms. The number of sulfonamides is 2. The molecule has 1 aliphatic rings. The van der Waals surface area contributed by atoms with E-state index in [9.17, 15) is 48.3 Å². The summed E-state index contributed by atoms with van der Waals surface area (Å²) in [7, 11) is -8.29. The van der Waals surface area contributed by atoms with Gasteiger partial charge in [-0.25, -0.2) is 31.8 Å². The molecule has 11 nitrogen and oxygen atoms in total. The Hall–Kier alpha value is -2.16. The number of rotatable bonds is 8. The summed E-state index contributed by atoms with van der Waals surface area (Å²) in [6.07, 6.45) is -10.3. The first-order chi connectivity index (χ1) is 18.6. The second kappa shape index (κ2) is 11.2. The van der Waals surface area contributed by atoms with Crippen LogP contribution in [0.5, 0.6) is 0 Å². The highest BCUT2D eigenvalue weighted by Gasteiger charge is 2.72. The van der Waals surface area contributed by atoms with Crippen LogP contribution in [0.25, 0.3) is 0 Å². The summed E-state index contributed by atoms with van der Waals surface area (Å²) in [5.74, 6) is -0.517. The Balaban J connectivity index is 2.17. The molecule has 0 saturated carbocycles. The van der Waals surface area contributed by atoms with Crippen LogP contribution < -0.4 is 5.32 Å². The molecule has 1 atom stereocenters. The molecule has 0 amide bonds. The van der Waals surface area contributed by atoms with Crippen molar-refractivity contribution in [2.45, 2.75) is 48.3 Å². The summed E-state index contributed by atoms with van der Waals surface area (Å²) in [4.78, 5) is 10.8. The third-order valence-electron chi connectivity index (χ3n) is 6.35. The van der Waals surface area contributed by atoms with Crippen LogP contribution in [-0.2, 0) is 31.2 Å². The molecule has 2 N–H and O–H groups in total. The Morgan fingerprint density at radius 2 is 1.61 bits per heavy atom. The number of aromatic nitrogens is 3. The van der Waals surface area contributed by atoms with Gasteiger partial charge in [-0.15, -0.1) is 0 Å². The molecule has 2 aromatic rings. The lowest BCUT2D eigenvalue weighted by atomic mass is 9.93. The van der Waals surface area contributed by atoms with Gasteiger partial charge in [0, 0.05) is 56.4 Å². The first kappa shape index (κ1) is 33.3. The summed E-state index contributed by atoms with van der Waals surface area (Å²) >= 11 is 5.74. The Morgan fingerprint density at radius 1 is 1.05 bits per heavy atom. The van der Waals surface area contributed by atoms with Crippen LogP contribution in [0.15, 0.2) is 35.6 Å². The number of piperazine rings is 1. The van der Waals surface area contributed by atoms with E-state index in [0.717, 1.165) is 21.1 Å². The van der Waals surface area contributed by atoms with Gasteiger partial charge in [0.1, 0.15) is 15.6 Å². The fourth-order valence-corrected chi connectivity index (χ4v) is 7.03. The maximum absolute atomic E-state index is 13.4. The molecule has 0 radical (unpaired) electrons. The SMILES string of the molecule is CC(C)N(C[C@@]1(c2ncc(C(O)(C(F)(F)F)C(F)(F)F)cn2)CN(S(=O)(=O)c2ccc(Cl)nc2)CCN1)S(C)(=O)=O. The summed E-state index contributed by atoms with van der Waals surface area (Å²) in [6.45, 7) is 1.56. The first-order valence-electron chi connectivity index (χ1n) is 11.6. The smallest absolute Gasteiger partial charge is 0.369 e. The second-order valence-corrected chi connectivity index (χ2v) is 13.8. The molecule has 230 valence electrons. The van der Waals surface area contributed by atoms with Crippen LogP contribution >= 0.6 is 11.6 Å². The van der Waals surface area contributed by atoms with Gasteiger partial charge in [-0.05, 0) is 26.0 Å². The molecule has 0 aliphatic carbocycles. The number of nitrogens with one attached hydrogen (secondary N) is 1. The predicted octanol–water partition coefficient (Wildman–Crippen LogP) is 2.00. The lowest BCUT2D eigenvalue weighted by molar-refractivity contribution is -0.376. The van der Waals surface area contributed by atoms with Gasteiger partial charge in [0.2, 0.25) is 20.0 Å². The van der Waals surface area contributed by atoms with Gasteiger partial charge in [0.05, 0.1) is 6.26 Å². The van der Waals surface area contributed by atoms with Crippen molar-refractivity contribution < 1.29 is 48.3 Å². The highest BCUT2D eigenvalue weighted by Crippen LogP contribution is 2.49. The summed E-state index contributed by atoms with van der Waals surface area (Å²) in [5.41, 5.74) is -8.90. The van der Waals surface area contributed by atoms with Gasteiger partial charge < -0.3 is 10.4 Å². The van der Waals surface area contributed by atoms with E-state index in [1.165, 1.54) is 26.0 Å². The average Bonchev–Trinajstić information content (AvgIpc) is 2.85. The standard InChI is InChI=1S/C21H25ClF6N6O5S2/c1-13(2)34(40(3,36)37)12-18(11-33(7-6-32-18)41(38,39)15-4-5-16(22)29-10-15)17-30-8-14(9-31-17)19(35,20(23,24)25)21(26,27)28/h4-5,8-10,13,32,35H,6-7,11-12H2,1-3H3/t18-/m1/s1. The summed E-state index contributed by atoms with van der Waals surface area (Å²) in [5, 5.41) is 12.6. The fourth-order valence-electron chi connectivity index (χ4n) is 4.25. The minimum atomic E-state index is -6.20. The van der Waals surface area contributed by atoms with Crippen molar-refractivity contribution in [3.05, 3.63) is 47.3 Å². The Morgan fingerprint density at radius 3 is 2.05 bits per heavy atom. The molecule has 1 saturated heterocycles. The zero-order chi connectivity index (χ0) is 31.2. The van der Waals surface area contributed by atoms with E-state index in [-0.39, 0.29) is 35.5 Å².